The van der Waals surface area contributed by atoms with Gasteiger partial charge >= 0.3 is 0 Å². The van der Waals surface area contributed by atoms with Crippen molar-refractivity contribution < 1.29 is 8.42 Å². The lowest BCUT2D eigenvalue weighted by atomic mass is 10.1. The molecule has 0 bridgehead atoms. The molecule has 20 heavy (non-hydrogen) atoms. The fraction of sp³-hybridized carbons (Fsp3) is 0.200. The van der Waals surface area contributed by atoms with Crippen molar-refractivity contribution in [3.63, 3.8) is 0 Å². The Balaban J connectivity index is 2.22. The molecule has 0 aliphatic heterocycles. The topological polar surface area (TPSA) is 60.2 Å². The summed E-state index contributed by atoms with van der Waals surface area (Å²) < 4.78 is 25.4. The van der Waals surface area contributed by atoms with E-state index in [1.165, 1.54) is 0 Å². The first-order chi connectivity index (χ1) is 9.37. The van der Waals surface area contributed by atoms with E-state index in [0.29, 0.717) is 11.3 Å². The van der Waals surface area contributed by atoms with Gasteiger partial charge in [0.2, 0.25) is 0 Å². The molecule has 0 atom stereocenters. The highest BCUT2D eigenvalue weighted by Crippen LogP contribution is 2.22. The lowest BCUT2D eigenvalue weighted by Crippen LogP contribution is -2.10. The van der Waals surface area contributed by atoms with Crippen LogP contribution in [0.5, 0.6) is 0 Å². The molecule has 0 radical (unpaired) electrons. The molecule has 0 amide bonds. The third kappa shape index (κ3) is 3.84. The molecule has 0 fully saturated rings. The zero-order valence-electron chi connectivity index (χ0n) is 11.1. The molecule has 3 nitrogen and oxygen atoms in total. The van der Waals surface area contributed by atoms with Gasteiger partial charge in [-0.15, -0.1) is 0 Å². The smallest absolute Gasteiger partial charge is 0.158 e. The van der Waals surface area contributed by atoms with Crippen LogP contribution in [0.3, 0.4) is 0 Å². The van der Waals surface area contributed by atoms with E-state index in [1.54, 1.807) is 18.2 Å². The van der Waals surface area contributed by atoms with Crippen LogP contribution in [0.2, 0.25) is 0 Å². The highest BCUT2D eigenvalue weighted by molar-refractivity contribution is 9.10. The molecule has 0 spiro atoms. The average molecular weight is 354 g/mol. The molecular formula is C15H16BrNO2S. The van der Waals surface area contributed by atoms with Crippen molar-refractivity contribution in [2.24, 2.45) is 0 Å². The maximum Gasteiger partial charge on any atom is 0.158 e. The van der Waals surface area contributed by atoms with Gasteiger partial charge in [-0.05, 0) is 35.7 Å². The second-order valence-electron chi connectivity index (χ2n) is 4.80. The number of halogens is 1. The Kier molecular flexibility index (Phi) is 4.50. The van der Waals surface area contributed by atoms with E-state index in [9.17, 15) is 8.42 Å². The molecule has 106 valence electrons. The summed E-state index contributed by atoms with van der Waals surface area (Å²) in [6.45, 7) is 1.92. The molecule has 2 aromatic rings. The van der Waals surface area contributed by atoms with Crippen LogP contribution in [0.25, 0.3) is 0 Å². The number of anilines is 1. The van der Waals surface area contributed by atoms with Gasteiger partial charge in [-0.25, -0.2) is 8.42 Å². The summed E-state index contributed by atoms with van der Waals surface area (Å²) >= 11 is 3.31. The van der Waals surface area contributed by atoms with E-state index in [1.807, 2.05) is 31.2 Å². The highest BCUT2D eigenvalue weighted by atomic mass is 79.9. The maximum absolute atomic E-state index is 12.3. The molecule has 2 rings (SSSR count). The van der Waals surface area contributed by atoms with E-state index in [0.717, 1.165) is 15.6 Å². The van der Waals surface area contributed by atoms with Crippen molar-refractivity contribution in [2.45, 2.75) is 18.4 Å². The van der Waals surface area contributed by atoms with Crippen LogP contribution >= 0.6 is 15.9 Å². The first kappa shape index (κ1) is 15.1. The number of hydrogen-bond acceptors (Lipinski definition) is 3. The standard InChI is InChI=1S/C15H16BrNO2S/c1-11-4-2-3-5-12(11)9-20(18,19)10-13-6-7-14(16)8-15(13)17/h2-8H,9-10,17H2,1H3. The van der Waals surface area contributed by atoms with Crippen LogP contribution < -0.4 is 5.73 Å². The van der Waals surface area contributed by atoms with Crippen molar-refractivity contribution in [3.05, 3.63) is 63.6 Å². The molecule has 0 aliphatic rings. The molecule has 0 unspecified atom stereocenters. The second-order valence-corrected chi connectivity index (χ2v) is 7.78. The molecule has 0 saturated carbocycles. The molecule has 0 aromatic heterocycles. The third-order valence-electron chi connectivity index (χ3n) is 3.12. The predicted molar refractivity (Wildman–Crippen MR) is 86.1 cm³/mol. The van der Waals surface area contributed by atoms with Gasteiger partial charge in [-0.2, -0.15) is 0 Å². The summed E-state index contributed by atoms with van der Waals surface area (Å²) in [5.74, 6) is -0.00434. The average Bonchev–Trinajstić information content (AvgIpc) is 2.35. The zero-order valence-corrected chi connectivity index (χ0v) is 13.5. The largest absolute Gasteiger partial charge is 0.398 e. The van der Waals surface area contributed by atoms with Crippen molar-refractivity contribution in [1.29, 1.82) is 0 Å². The van der Waals surface area contributed by atoms with E-state index in [2.05, 4.69) is 15.9 Å². The van der Waals surface area contributed by atoms with Crippen LogP contribution in [0, 0.1) is 6.92 Å². The number of nitrogens with two attached hydrogens (primary N) is 1. The van der Waals surface area contributed by atoms with Gasteiger partial charge in [-0.1, -0.05) is 46.3 Å². The Morgan fingerprint density at radius 2 is 1.70 bits per heavy atom. The minimum Gasteiger partial charge on any atom is -0.398 e. The first-order valence-corrected chi connectivity index (χ1v) is 8.78. The SMILES string of the molecule is Cc1ccccc1CS(=O)(=O)Cc1ccc(Br)cc1N. The van der Waals surface area contributed by atoms with Gasteiger partial charge in [0.05, 0.1) is 11.5 Å². The molecule has 2 N–H and O–H groups in total. The van der Waals surface area contributed by atoms with Crippen molar-refractivity contribution in [3.8, 4) is 0 Å². The maximum atomic E-state index is 12.3. The minimum absolute atomic E-state index is 0.0369. The van der Waals surface area contributed by atoms with Crippen molar-refractivity contribution in [2.75, 3.05) is 5.73 Å². The fourth-order valence-electron chi connectivity index (χ4n) is 1.99. The van der Waals surface area contributed by atoms with Crippen LogP contribution in [0.15, 0.2) is 46.9 Å². The van der Waals surface area contributed by atoms with Crippen LogP contribution in [-0.2, 0) is 21.3 Å². The Labute approximate surface area is 127 Å². The summed E-state index contributed by atoms with van der Waals surface area (Å²) in [6, 6.07) is 12.8. The van der Waals surface area contributed by atoms with Gasteiger partial charge in [0.1, 0.15) is 0 Å². The molecule has 0 aliphatic carbocycles. The van der Waals surface area contributed by atoms with E-state index in [-0.39, 0.29) is 11.5 Å². The molecular weight excluding hydrogens is 338 g/mol. The zero-order chi connectivity index (χ0) is 14.8. The monoisotopic (exact) mass is 353 g/mol. The number of benzene rings is 2. The number of hydrogen-bond donors (Lipinski definition) is 1. The van der Waals surface area contributed by atoms with Gasteiger partial charge in [-0.3, -0.25) is 0 Å². The quantitative estimate of drug-likeness (QED) is 0.856. The molecule has 5 heteroatoms. The number of rotatable bonds is 4. The van der Waals surface area contributed by atoms with Gasteiger partial charge in [0.15, 0.2) is 9.84 Å². The van der Waals surface area contributed by atoms with Gasteiger partial charge in [0.25, 0.3) is 0 Å². The molecule has 2 aromatic carbocycles. The summed E-state index contributed by atoms with van der Waals surface area (Å²) in [5, 5.41) is 0. The Bertz CT molecular complexity index is 726. The lowest BCUT2D eigenvalue weighted by molar-refractivity contribution is 0.594. The normalized spacial score (nSPS) is 11.5. The first-order valence-electron chi connectivity index (χ1n) is 6.16. The fourth-order valence-corrected chi connectivity index (χ4v) is 4.01. The Morgan fingerprint density at radius 3 is 2.35 bits per heavy atom. The second kappa shape index (κ2) is 5.97. The van der Waals surface area contributed by atoms with Crippen molar-refractivity contribution in [1.82, 2.24) is 0 Å². The van der Waals surface area contributed by atoms with Crippen LogP contribution in [-0.4, -0.2) is 8.42 Å². The lowest BCUT2D eigenvalue weighted by Gasteiger charge is -2.09. The van der Waals surface area contributed by atoms with E-state index >= 15 is 0 Å². The van der Waals surface area contributed by atoms with E-state index < -0.39 is 9.84 Å². The predicted octanol–water partition coefficient (Wildman–Crippen LogP) is 3.45. The number of sulfone groups is 1. The van der Waals surface area contributed by atoms with E-state index in [4.69, 9.17) is 5.73 Å². The summed E-state index contributed by atoms with van der Waals surface area (Å²) in [4.78, 5) is 0. The van der Waals surface area contributed by atoms with Gasteiger partial charge in [0, 0.05) is 10.2 Å². The summed E-state index contributed by atoms with van der Waals surface area (Å²) in [6.07, 6.45) is 0. The van der Waals surface area contributed by atoms with Gasteiger partial charge < -0.3 is 5.73 Å². The van der Waals surface area contributed by atoms with Crippen LogP contribution in [0.1, 0.15) is 16.7 Å². The highest BCUT2D eigenvalue weighted by Gasteiger charge is 2.16. The number of nitrogen functional groups attached to an aromatic ring is 1. The number of aryl methyl sites for hydroxylation is 1. The third-order valence-corrected chi connectivity index (χ3v) is 5.11. The van der Waals surface area contributed by atoms with Crippen LogP contribution in [0.4, 0.5) is 5.69 Å². The summed E-state index contributed by atoms with van der Waals surface area (Å²) in [5.41, 5.74) is 8.81. The minimum atomic E-state index is -3.24. The Hall–Kier alpha value is -1.33. The Morgan fingerprint density at radius 1 is 1.05 bits per heavy atom. The van der Waals surface area contributed by atoms with Crippen molar-refractivity contribution >= 4 is 31.5 Å². The molecule has 0 heterocycles. The molecule has 0 saturated heterocycles. The summed E-state index contributed by atoms with van der Waals surface area (Å²) in [7, 11) is -3.24.